The maximum Gasteiger partial charge on any atom is 0.265 e. The predicted octanol–water partition coefficient (Wildman–Crippen LogP) is 5.30. The molecule has 0 N–H and O–H groups in total. The molecule has 5 aromatic rings. The minimum absolute atomic E-state index is 0.163. The van der Waals surface area contributed by atoms with Gasteiger partial charge >= 0.3 is 0 Å². The average molecular weight is 445 g/mol. The molecule has 6 nitrogen and oxygen atoms in total. The van der Waals surface area contributed by atoms with Gasteiger partial charge in [0.2, 0.25) is 5.88 Å². The largest absolute Gasteiger partial charge is 0.478 e. The van der Waals surface area contributed by atoms with Gasteiger partial charge in [0.05, 0.1) is 23.2 Å². The molecule has 32 heavy (non-hydrogen) atoms. The summed E-state index contributed by atoms with van der Waals surface area (Å²) in [5.74, 6) is 0.502. The molecule has 0 spiro atoms. The number of fused-ring (bicyclic) bond motifs is 2. The Labute approximate surface area is 189 Å². The van der Waals surface area contributed by atoms with E-state index in [1.54, 1.807) is 21.4 Å². The Morgan fingerprint density at radius 2 is 1.84 bits per heavy atom. The third kappa shape index (κ3) is 3.42. The number of ether oxygens (including phenoxy) is 1. The van der Waals surface area contributed by atoms with E-state index in [0.717, 1.165) is 33.1 Å². The van der Waals surface area contributed by atoms with Crippen LogP contribution in [-0.2, 0) is 7.05 Å². The highest BCUT2D eigenvalue weighted by Gasteiger charge is 2.18. The molecule has 0 saturated heterocycles. The second kappa shape index (κ2) is 7.80. The van der Waals surface area contributed by atoms with E-state index in [-0.39, 0.29) is 5.56 Å². The van der Waals surface area contributed by atoms with Crippen molar-refractivity contribution < 1.29 is 4.74 Å². The molecule has 0 atom stereocenters. The number of hydrogen-bond donors (Lipinski definition) is 0. The lowest BCUT2D eigenvalue weighted by Gasteiger charge is -2.15. The van der Waals surface area contributed by atoms with E-state index in [0.29, 0.717) is 28.6 Å². The van der Waals surface area contributed by atoms with Crippen molar-refractivity contribution in [2.24, 2.45) is 7.05 Å². The monoisotopic (exact) mass is 444 g/mol. The lowest BCUT2D eigenvalue weighted by atomic mass is 10.0. The summed E-state index contributed by atoms with van der Waals surface area (Å²) in [6.07, 6.45) is 3.79. The van der Waals surface area contributed by atoms with Crippen LogP contribution in [0.2, 0.25) is 5.02 Å². The van der Waals surface area contributed by atoms with Gasteiger partial charge in [0.25, 0.3) is 5.56 Å². The van der Waals surface area contributed by atoms with E-state index in [2.05, 4.69) is 5.10 Å². The Kier molecular flexibility index (Phi) is 4.94. The van der Waals surface area contributed by atoms with Crippen molar-refractivity contribution in [3.8, 4) is 22.7 Å². The highest BCUT2D eigenvalue weighted by atomic mass is 35.5. The van der Waals surface area contributed by atoms with E-state index in [1.807, 2.05) is 69.7 Å². The second-order valence-corrected chi connectivity index (χ2v) is 8.14. The summed E-state index contributed by atoms with van der Waals surface area (Å²) in [5, 5.41) is 6.88. The van der Waals surface area contributed by atoms with Gasteiger partial charge in [-0.05, 0) is 55.3 Å². The maximum atomic E-state index is 13.8. The molecule has 0 saturated carbocycles. The molecule has 0 fully saturated rings. The molecule has 2 aromatic carbocycles. The van der Waals surface area contributed by atoms with Gasteiger partial charge < -0.3 is 4.74 Å². The van der Waals surface area contributed by atoms with Gasteiger partial charge in [0.15, 0.2) is 0 Å². The number of pyridine rings is 2. The first-order valence-corrected chi connectivity index (χ1v) is 10.7. The fourth-order valence-electron chi connectivity index (χ4n) is 3.99. The first-order valence-electron chi connectivity index (χ1n) is 10.3. The summed E-state index contributed by atoms with van der Waals surface area (Å²) in [5.41, 5.74) is 4.33. The van der Waals surface area contributed by atoms with E-state index in [1.165, 1.54) is 0 Å². The normalized spacial score (nSPS) is 11.4. The van der Waals surface area contributed by atoms with Crippen LogP contribution in [0.4, 0.5) is 0 Å². The van der Waals surface area contributed by atoms with Crippen LogP contribution in [0.25, 0.3) is 38.6 Å². The van der Waals surface area contributed by atoms with Gasteiger partial charge in [-0.2, -0.15) is 5.10 Å². The van der Waals surface area contributed by atoms with Crippen LogP contribution in [-0.4, -0.2) is 25.9 Å². The number of aromatic nitrogens is 4. The maximum absolute atomic E-state index is 13.8. The second-order valence-electron chi connectivity index (χ2n) is 7.70. The Bertz CT molecular complexity index is 1530. The molecule has 0 radical (unpaired) electrons. The van der Waals surface area contributed by atoms with Gasteiger partial charge in [-0.15, -0.1) is 0 Å². The van der Waals surface area contributed by atoms with Crippen molar-refractivity contribution in [1.29, 1.82) is 0 Å². The quantitative estimate of drug-likeness (QED) is 0.377. The number of rotatable bonds is 4. The summed E-state index contributed by atoms with van der Waals surface area (Å²) in [6, 6.07) is 14.9. The molecular formula is C25H21ClN4O2. The minimum atomic E-state index is -0.163. The standard InChI is InChI=1S/C25H21ClN4O2/c1-4-32-22-11-15(2)20-14-30(19-9-10-21-17(12-19)13-29(3)28-21)25(31)23(24(20)27-22)16-5-7-18(26)8-6-16/h5-14H,4H2,1-3H3. The smallest absolute Gasteiger partial charge is 0.265 e. The van der Waals surface area contributed by atoms with Crippen molar-refractivity contribution in [2.75, 3.05) is 6.61 Å². The van der Waals surface area contributed by atoms with E-state index < -0.39 is 0 Å². The van der Waals surface area contributed by atoms with Gasteiger partial charge in [0, 0.05) is 47.0 Å². The third-order valence-electron chi connectivity index (χ3n) is 5.48. The van der Waals surface area contributed by atoms with Crippen molar-refractivity contribution in [3.05, 3.63) is 81.9 Å². The number of nitrogens with zero attached hydrogens (tertiary/aromatic N) is 4. The first kappa shape index (κ1) is 20.3. The van der Waals surface area contributed by atoms with Crippen LogP contribution in [0.5, 0.6) is 5.88 Å². The molecule has 0 aliphatic carbocycles. The zero-order valence-electron chi connectivity index (χ0n) is 18.0. The molecule has 3 aromatic heterocycles. The van der Waals surface area contributed by atoms with Crippen LogP contribution in [0.3, 0.4) is 0 Å². The molecule has 0 amide bonds. The molecular weight excluding hydrogens is 424 g/mol. The van der Waals surface area contributed by atoms with E-state index >= 15 is 0 Å². The van der Waals surface area contributed by atoms with Crippen molar-refractivity contribution in [1.82, 2.24) is 19.3 Å². The van der Waals surface area contributed by atoms with E-state index in [9.17, 15) is 4.79 Å². The number of halogens is 1. The number of benzene rings is 2. The molecule has 160 valence electrons. The summed E-state index contributed by atoms with van der Waals surface area (Å²) < 4.78 is 9.10. The fraction of sp³-hybridized carbons (Fsp3) is 0.160. The van der Waals surface area contributed by atoms with Gasteiger partial charge in [-0.3, -0.25) is 14.0 Å². The third-order valence-corrected chi connectivity index (χ3v) is 5.73. The van der Waals surface area contributed by atoms with E-state index in [4.69, 9.17) is 21.3 Å². The van der Waals surface area contributed by atoms with Crippen LogP contribution < -0.4 is 10.3 Å². The molecule has 0 bridgehead atoms. The lowest BCUT2D eigenvalue weighted by molar-refractivity contribution is 0.328. The van der Waals surface area contributed by atoms with Crippen molar-refractivity contribution in [2.45, 2.75) is 13.8 Å². The molecule has 0 aliphatic heterocycles. The molecule has 3 heterocycles. The zero-order chi connectivity index (χ0) is 22.4. The van der Waals surface area contributed by atoms with Gasteiger partial charge in [-0.1, -0.05) is 23.7 Å². The van der Waals surface area contributed by atoms with Gasteiger partial charge in [0.1, 0.15) is 0 Å². The SMILES string of the molecule is CCOc1cc(C)c2cn(-c3ccc4nn(C)cc4c3)c(=O)c(-c3ccc(Cl)cc3)c2n1. The lowest BCUT2D eigenvalue weighted by Crippen LogP contribution is -2.20. The summed E-state index contributed by atoms with van der Waals surface area (Å²) in [7, 11) is 1.88. The Balaban J connectivity index is 1.85. The Morgan fingerprint density at radius 1 is 1.06 bits per heavy atom. The fourth-order valence-corrected chi connectivity index (χ4v) is 4.12. The minimum Gasteiger partial charge on any atom is -0.478 e. The van der Waals surface area contributed by atoms with Crippen LogP contribution in [0, 0.1) is 6.92 Å². The number of aryl methyl sites for hydroxylation is 2. The highest BCUT2D eigenvalue weighted by molar-refractivity contribution is 6.30. The van der Waals surface area contributed by atoms with Gasteiger partial charge in [-0.25, -0.2) is 4.98 Å². The first-order chi connectivity index (χ1) is 15.4. The summed E-state index contributed by atoms with van der Waals surface area (Å²) in [4.78, 5) is 18.5. The summed E-state index contributed by atoms with van der Waals surface area (Å²) >= 11 is 6.11. The number of hydrogen-bond acceptors (Lipinski definition) is 4. The van der Waals surface area contributed by atoms with Crippen LogP contribution in [0.1, 0.15) is 12.5 Å². The zero-order valence-corrected chi connectivity index (χ0v) is 18.7. The Hall–Kier alpha value is -3.64. The molecule has 0 aliphatic rings. The van der Waals surface area contributed by atoms with Crippen molar-refractivity contribution in [3.63, 3.8) is 0 Å². The predicted molar refractivity (Wildman–Crippen MR) is 128 cm³/mol. The molecule has 7 heteroatoms. The highest BCUT2D eigenvalue weighted by Crippen LogP contribution is 2.30. The molecule has 0 unspecified atom stereocenters. The van der Waals surface area contributed by atoms with Crippen molar-refractivity contribution >= 4 is 33.4 Å². The molecule has 5 rings (SSSR count). The topological polar surface area (TPSA) is 61.9 Å². The van der Waals surface area contributed by atoms with Crippen LogP contribution in [0.15, 0.2) is 65.7 Å². The Morgan fingerprint density at radius 3 is 2.59 bits per heavy atom. The van der Waals surface area contributed by atoms with Crippen LogP contribution >= 0.6 is 11.6 Å². The average Bonchev–Trinajstić information content (AvgIpc) is 3.14. The summed E-state index contributed by atoms with van der Waals surface area (Å²) in [6.45, 7) is 4.40.